The fraction of sp³-hybridized carbons (Fsp3) is 0.429. The molecule has 0 amide bonds. The topological polar surface area (TPSA) is 29.6 Å². The molecular weight excluding hydrogens is 296 g/mol. The van der Waals surface area contributed by atoms with Crippen LogP contribution in [0.5, 0.6) is 0 Å². The number of nitrogens with one attached hydrogen (secondary N) is 1. The van der Waals surface area contributed by atoms with Crippen LogP contribution in [-0.4, -0.2) is 35.4 Å². The average molecular weight is 325 g/mol. The smallest absolute Gasteiger partial charge is 0.121 e. The van der Waals surface area contributed by atoms with E-state index in [1.165, 1.54) is 26.7 Å². The number of nitrogens with zero attached hydrogens (tertiary/aromatic N) is 1. The van der Waals surface area contributed by atoms with Gasteiger partial charge in [0.05, 0.1) is 19.6 Å². The third-order valence-corrected chi connectivity index (χ3v) is 4.80. The highest BCUT2D eigenvalue weighted by atomic mass is 16.3. The van der Waals surface area contributed by atoms with E-state index in [9.17, 15) is 5.11 Å². The van der Waals surface area contributed by atoms with Crippen molar-refractivity contribution in [3.8, 4) is 0 Å². The fourth-order valence-electron chi connectivity index (χ4n) is 3.84. The van der Waals surface area contributed by atoms with Crippen LogP contribution >= 0.6 is 0 Å². The summed E-state index contributed by atoms with van der Waals surface area (Å²) in [5.74, 6) is 0. The summed E-state index contributed by atoms with van der Waals surface area (Å²) in [5, 5.41) is 13.3. The SMILES string of the molecule is CCC[NH+](CCC)C[C@H](O)Cn1c2ccccc2c2ccccc21. The van der Waals surface area contributed by atoms with Crippen LogP contribution in [0, 0.1) is 0 Å². The number of aliphatic hydroxyl groups is 1. The van der Waals surface area contributed by atoms with E-state index in [0.29, 0.717) is 6.54 Å². The van der Waals surface area contributed by atoms with Crippen LogP contribution in [0.25, 0.3) is 21.8 Å². The Hall–Kier alpha value is -1.84. The lowest BCUT2D eigenvalue weighted by Gasteiger charge is -2.22. The first-order chi connectivity index (χ1) is 11.7. The molecule has 1 aromatic heterocycles. The highest BCUT2D eigenvalue weighted by Crippen LogP contribution is 2.28. The van der Waals surface area contributed by atoms with Crippen LogP contribution in [0.3, 0.4) is 0 Å². The first-order valence-corrected chi connectivity index (χ1v) is 9.22. The van der Waals surface area contributed by atoms with Crippen molar-refractivity contribution in [1.29, 1.82) is 0 Å². The lowest BCUT2D eigenvalue weighted by atomic mass is 10.2. The van der Waals surface area contributed by atoms with Crippen LogP contribution in [-0.2, 0) is 6.54 Å². The minimum Gasteiger partial charge on any atom is -0.385 e. The Kier molecular flexibility index (Phi) is 5.54. The van der Waals surface area contributed by atoms with E-state index in [0.717, 1.165) is 32.5 Å². The molecule has 128 valence electrons. The van der Waals surface area contributed by atoms with Crippen molar-refractivity contribution in [2.24, 2.45) is 0 Å². The number of aliphatic hydroxyl groups excluding tert-OH is 1. The Labute approximate surface area is 144 Å². The van der Waals surface area contributed by atoms with E-state index in [4.69, 9.17) is 0 Å². The molecule has 0 aliphatic rings. The molecule has 2 N–H and O–H groups in total. The summed E-state index contributed by atoms with van der Waals surface area (Å²) in [6.07, 6.45) is 2.01. The normalized spacial score (nSPS) is 13.2. The number of hydrogen-bond donors (Lipinski definition) is 2. The number of rotatable bonds is 8. The lowest BCUT2D eigenvalue weighted by Crippen LogP contribution is -3.13. The number of hydrogen-bond acceptors (Lipinski definition) is 1. The number of para-hydroxylation sites is 2. The van der Waals surface area contributed by atoms with Gasteiger partial charge in [-0.25, -0.2) is 0 Å². The molecule has 3 nitrogen and oxygen atoms in total. The maximum absolute atomic E-state index is 10.7. The van der Waals surface area contributed by atoms with Gasteiger partial charge in [-0.05, 0) is 25.0 Å². The van der Waals surface area contributed by atoms with Crippen molar-refractivity contribution in [2.75, 3.05) is 19.6 Å². The molecule has 24 heavy (non-hydrogen) atoms. The van der Waals surface area contributed by atoms with E-state index in [1.807, 2.05) is 0 Å². The Morgan fingerprint density at radius 1 is 0.875 bits per heavy atom. The molecule has 3 rings (SSSR count). The number of aromatic nitrogens is 1. The van der Waals surface area contributed by atoms with Gasteiger partial charge in [0.2, 0.25) is 0 Å². The Morgan fingerprint density at radius 3 is 1.88 bits per heavy atom. The molecule has 0 bridgehead atoms. The third-order valence-electron chi connectivity index (χ3n) is 4.80. The minimum absolute atomic E-state index is 0.322. The van der Waals surface area contributed by atoms with Crippen molar-refractivity contribution >= 4 is 21.8 Å². The van der Waals surface area contributed by atoms with Crippen molar-refractivity contribution < 1.29 is 10.0 Å². The van der Waals surface area contributed by atoms with Gasteiger partial charge >= 0.3 is 0 Å². The van der Waals surface area contributed by atoms with Gasteiger partial charge in [-0.15, -0.1) is 0 Å². The number of benzene rings is 2. The van der Waals surface area contributed by atoms with Gasteiger partial charge in [0, 0.05) is 21.8 Å². The van der Waals surface area contributed by atoms with Crippen molar-refractivity contribution in [1.82, 2.24) is 4.57 Å². The van der Waals surface area contributed by atoms with E-state index < -0.39 is 0 Å². The Balaban J connectivity index is 1.88. The summed E-state index contributed by atoms with van der Waals surface area (Å²) in [6.45, 7) is 8.19. The molecule has 1 heterocycles. The molecule has 0 saturated heterocycles. The molecule has 0 unspecified atom stereocenters. The highest BCUT2D eigenvalue weighted by Gasteiger charge is 2.17. The van der Waals surface area contributed by atoms with Crippen molar-refractivity contribution in [3.63, 3.8) is 0 Å². The van der Waals surface area contributed by atoms with Gasteiger partial charge in [-0.1, -0.05) is 50.2 Å². The standard InChI is InChI=1S/C21H28N2O/c1-3-13-22(14-4-2)15-17(24)16-23-20-11-7-5-9-18(20)19-10-6-8-12-21(19)23/h5-12,17,24H,3-4,13-16H2,1-2H3/p+1/t17-/m0/s1. The zero-order valence-electron chi connectivity index (χ0n) is 14.8. The average Bonchev–Trinajstić information content (AvgIpc) is 2.90. The van der Waals surface area contributed by atoms with Crippen molar-refractivity contribution in [3.05, 3.63) is 48.5 Å². The number of quaternary nitrogens is 1. The van der Waals surface area contributed by atoms with Gasteiger partial charge in [0.25, 0.3) is 0 Å². The summed E-state index contributed by atoms with van der Waals surface area (Å²) in [6, 6.07) is 17.0. The quantitative estimate of drug-likeness (QED) is 0.655. The maximum Gasteiger partial charge on any atom is 0.121 e. The summed E-state index contributed by atoms with van der Waals surface area (Å²) in [4.78, 5) is 1.51. The van der Waals surface area contributed by atoms with Crippen molar-refractivity contribution in [2.45, 2.75) is 39.3 Å². The van der Waals surface area contributed by atoms with E-state index >= 15 is 0 Å². The van der Waals surface area contributed by atoms with Gasteiger partial charge < -0.3 is 14.6 Å². The van der Waals surface area contributed by atoms with Crippen LogP contribution in [0.2, 0.25) is 0 Å². The fourth-order valence-corrected chi connectivity index (χ4v) is 3.84. The van der Waals surface area contributed by atoms with Crippen LogP contribution in [0.1, 0.15) is 26.7 Å². The van der Waals surface area contributed by atoms with E-state index in [2.05, 4.69) is 66.9 Å². The largest absolute Gasteiger partial charge is 0.385 e. The minimum atomic E-state index is -0.322. The molecule has 2 aromatic carbocycles. The summed E-state index contributed by atoms with van der Waals surface area (Å²) in [7, 11) is 0. The highest BCUT2D eigenvalue weighted by molar-refractivity contribution is 6.07. The molecule has 0 aliphatic heterocycles. The van der Waals surface area contributed by atoms with Gasteiger partial charge in [-0.3, -0.25) is 0 Å². The first kappa shape index (κ1) is 17.0. The summed E-state index contributed by atoms with van der Waals surface area (Å²) >= 11 is 0. The zero-order valence-corrected chi connectivity index (χ0v) is 14.8. The zero-order chi connectivity index (χ0) is 16.9. The lowest BCUT2D eigenvalue weighted by molar-refractivity contribution is -0.903. The number of fused-ring (bicyclic) bond motifs is 3. The molecule has 0 aliphatic carbocycles. The van der Waals surface area contributed by atoms with E-state index in [-0.39, 0.29) is 6.10 Å². The molecule has 1 atom stereocenters. The molecule has 0 saturated carbocycles. The second-order valence-electron chi connectivity index (χ2n) is 6.75. The van der Waals surface area contributed by atoms with Gasteiger partial charge in [0.1, 0.15) is 12.6 Å². The van der Waals surface area contributed by atoms with Crippen LogP contribution in [0.4, 0.5) is 0 Å². The second kappa shape index (κ2) is 7.82. The monoisotopic (exact) mass is 325 g/mol. The summed E-state index contributed by atoms with van der Waals surface area (Å²) in [5.41, 5.74) is 2.43. The van der Waals surface area contributed by atoms with Gasteiger partial charge in [-0.2, -0.15) is 0 Å². The second-order valence-corrected chi connectivity index (χ2v) is 6.75. The summed E-state index contributed by atoms with van der Waals surface area (Å²) < 4.78 is 2.28. The Bertz CT molecular complexity index is 733. The predicted molar refractivity (Wildman–Crippen MR) is 102 cm³/mol. The Morgan fingerprint density at radius 2 is 1.38 bits per heavy atom. The molecular formula is C21H29N2O+. The maximum atomic E-state index is 10.7. The van der Waals surface area contributed by atoms with Gasteiger partial charge in [0.15, 0.2) is 0 Å². The van der Waals surface area contributed by atoms with Crippen LogP contribution in [0.15, 0.2) is 48.5 Å². The molecule has 3 aromatic rings. The molecule has 3 heteroatoms. The first-order valence-electron chi connectivity index (χ1n) is 9.22. The molecule has 0 radical (unpaired) electrons. The molecule has 0 spiro atoms. The third kappa shape index (κ3) is 3.47. The molecule has 0 fully saturated rings. The van der Waals surface area contributed by atoms with Crippen LogP contribution < -0.4 is 4.90 Å². The van der Waals surface area contributed by atoms with E-state index in [1.54, 1.807) is 0 Å². The predicted octanol–water partition coefficient (Wildman–Crippen LogP) is 2.86.